The Kier molecular flexibility index (Phi) is 10.7. The zero-order chi connectivity index (χ0) is 36.9. The summed E-state index contributed by atoms with van der Waals surface area (Å²) in [7, 11) is 0.451. The molecule has 1 aromatic heterocycles. The second kappa shape index (κ2) is 16.1. The summed E-state index contributed by atoms with van der Waals surface area (Å²) in [5.41, 5.74) is 5.39. The van der Waals surface area contributed by atoms with Crippen LogP contribution in [0.2, 0.25) is 0 Å². The molecule has 54 heavy (non-hydrogen) atoms. The van der Waals surface area contributed by atoms with E-state index in [0.717, 1.165) is 37.7 Å². The number of esters is 1. The van der Waals surface area contributed by atoms with E-state index < -0.39 is 38.9 Å². The van der Waals surface area contributed by atoms with Gasteiger partial charge in [0.2, 0.25) is 5.91 Å². The number of carbonyl (C=O) groups excluding carboxylic acids is 2. The minimum atomic E-state index is -1.25. The Bertz CT molecular complexity index is 2070. The summed E-state index contributed by atoms with van der Waals surface area (Å²) in [6, 6.07) is 51.1. The van der Waals surface area contributed by atoms with E-state index in [0.29, 0.717) is 23.0 Å². The van der Waals surface area contributed by atoms with Gasteiger partial charge >= 0.3 is 5.97 Å². The highest BCUT2D eigenvalue weighted by atomic mass is 32.2. The third-order valence-electron chi connectivity index (χ3n) is 9.95. The molecule has 0 spiro atoms. The maximum absolute atomic E-state index is 14.7. The van der Waals surface area contributed by atoms with Gasteiger partial charge in [0.05, 0.1) is 22.7 Å². The van der Waals surface area contributed by atoms with Crippen LogP contribution in [0.1, 0.15) is 40.3 Å². The van der Waals surface area contributed by atoms with E-state index in [1.165, 1.54) is 0 Å². The Morgan fingerprint density at radius 1 is 0.833 bits per heavy atom. The monoisotopic (exact) mass is 772 g/mol. The fraction of sp³-hybridized carbons (Fsp3) is 0.163. The van der Waals surface area contributed by atoms with E-state index >= 15 is 0 Å². The smallest absolute Gasteiger partial charge is 0.356 e. The lowest BCUT2D eigenvalue weighted by molar-refractivity contribution is -0.151. The van der Waals surface area contributed by atoms with E-state index in [9.17, 15) is 9.59 Å². The molecule has 1 saturated heterocycles. The number of aromatic nitrogens is 3. The third kappa shape index (κ3) is 6.77. The normalized spacial score (nSPS) is 18.5. The average molecular weight is 773 g/mol. The Morgan fingerprint density at radius 2 is 1.33 bits per heavy atom. The van der Waals surface area contributed by atoms with Crippen LogP contribution in [0.4, 0.5) is 0 Å². The molecule has 6 aromatic rings. The summed E-state index contributed by atoms with van der Waals surface area (Å²) in [5.74, 6) is -0.0882. The van der Waals surface area contributed by atoms with Crippen LogP contribution < -0.4 is 0 Å². The molecule has 3 heterocycles. The molecule has 1 fully saturated rings. The van der Waals surface area contributed by atoms with E-state index in [4.69, 9.17) is 8.92 Å². The van der Waals surface area contributed by atoms with Gasteiger partial charge in [0.25, 0.3) is 0 Å². The van der Waals surface area contributed by atoms with Gasteiger partial charge in [-0.25, -0.2) is 4.79 Å². The number of aromatic amines is 1. The molecule has 8 nitrogen and oxygen atoms in total. The molecule has 8 rings (SSSR count). The predicted molar refractivity (Wildman–Crippen MR) is 219 cm³/mol. The first-order valence-corrected chi connectivity index (χ1v) is 21.7. The van der Waals surface area contributed by atoms with Crippen molar-refractivity contribution in [3.63, 3.8) is 0 Å². The number of nitrogens with zero attached hydrogens (tertiary/aromatic N) is 3. The van der Waals surface area contributed by atoms with Crippen molar-refractivity contribution in [2.24, 2.45) is 0 Å². The number of amides is 1. The molecule has 274 valence electrons. The van der Waals surface area contributed by atoms with E-state index in [2.05, 4.69) is 88.2 Å². The minimum absolute atomic E-state index is 0.101. The van der Waals surface area contributed by atoms with Crippen molar-refractivity contribution in [2.45, 2.75) is 27.7 Å². The number of benzene rings is 5. The molecule has 2 aliphatic rings. The molecule has 0 bridgehead atoms. The van der Waals surface area contributed by atoms with Crippen molar-refractivity contribution in [3.05, 3.63) is 196 Å². The summed E-state index contributed by atoms with van der Waals surface area (Å²) in [5, 5.41) is 13.1. The van der Waals surface area contributed by atoms with Crippen molar-refractivity contribution in [3.8, 4) is 0 Å². The number of ether oxygens (including phenoxy) is 1. The second-order valence-corrected chi connectivity index (χ2v) is 18.8. The number of hydrogen-bond donors (Lipinski definition) is 3. The number of hydrogen-bond acceptors (Lipinski definition) is 7. The summed E-state index contributed by atoms with van der Waals surface area (Å²) in [4.78, 5) is 30.6. The van der Waals surface area contributed by atoms with Gasteiger partial charge < -0.3 is 8.92 Å². The first kappa shape index (κ1) is 35.9. The molecule has 2 aliphatic heterocycles. The van der Waals surface area contributed by atoms with Crippen LogP contribution in [0, 0.1) is 0 Å². The Balaban J connectivity index is 1.25. The molecule has 1 N–H and O–H groups in total. The summed E-state index contributed by atoms with van der Waals surface area (Å²) in [6.07, 6.45) is 1.58. The lowest BCUT2D eigenvalue weighted by atomic mass is 9.84. The van der Waals surface area contributed by atoms with Crippen LogP contribution >= 0.6 is 33.8 Å². The van der Waals surface area contributed by atoms with Gasteiger partial charge in [-0.3, -0.25) is 14.8 Å². The first-order valence-electron chi connectivity index (χ1n) is 17.7. The largest absolute Gasteiger partial charge is 0.448 e. The van der Waals surface area contributed by atoms with Crippen molar-refractivity contribution >= 4 is 45.7 Å². The lowest BCUT2D eigenvalue weighted by Crippen LogP contribution is -2.56. The van der Waals surface area contributed by atoms with E-state index in [1.807, 2.05) is 85.1 Å². The number of fused-ring (bicyclic) bond motifs is 1. The Labute approximate surface area is 324 Å². The second-order valence-electron chi connectivity index (χ2n) is 12.9. The van der Waals surface area contributed by atoms with Crippen LogP contribution in [0.5, 0.6) is 0 Å². The highest BCUT2D eigenvalue weighted by Crippen LogP contribution is 2.63. The van der Waals surface area contributed by atoms with Crippen molar-refractivity contribution in [1.29, 1.82) is 0 Å². The van der Waals surface area contributed by atoms with Gasteiger partial charge in [0.1, 0.15) is 10.7 Å². The standard InChI is InChI=1S/C43H40N4O4S3/c1-50-54-29-36(40(47-38(48)27-39(47)54)42(49)51-41(31-17-7-2-8-18-31)32-19-9-3-10-20-32)52-30-53(37-28-44-46-45-37)43(33-21-11-4-12-22-33,34-23-13-5-14-24-34)35-25-15-6-16-26-35/h2-26,28,39,41,53-54H,27,29-30H2,1H3,(H,44,45,46). The molecule has 0 radical (unpaired) electrons. The lowest BCUT2D eigenvalue weighted by Gasteiger charge is -2.50. The Morgan fingerprint density at radius 3 is 1.78 bits per heavy atom. The van der Waals surface area contributed by atoms with Crippen molar-refractivity contribution < 1.29 is 18.5 Å². The molecular formula is C43H40N4O4S3. The van der Waals surface area contributed by atoms with Gasteiger partial charge in [-0.2, -0.15) is 10.9 Å². The minimum Gasteiger partial charge on any atom is -0.448 e. The van der Waals surface area contributed by atoms with Gasteiger partial charge in [0, 0.05) is 22.9 Å². The molecule has 1 amide bonds. The molecule has 3 unspecified atom stereocenters. The number of H-pyrrole nitrogens is 1. The molecular weight excluding hydrogens is 733 g/mol. The number of thioether (sulfide) groups is 1. The van der Waals surface area contributed by atoms with Crippen molar-refractivity contribution in [2.75, 3.05) is 17.9 Å². The average Bonchev–Trinajstić information content (AvgIpc) is 3.77. The number of rotatable bonds is 13. The Hall–Kier alpha value is -5.07. The van der Waals surface area contributed by atoms with Gasteiger partial charge in [-0.05, 0) is 27.8 Å². The highest BCUT2D eigenvalue weighted by molar-refractivity contribution is 8.28. The topological polar surface area (TPSA) is 97.4 Å². The predicted octanol–water partition coefficient (Wildman–Crippen LogP) is 8.53. The van der Waals surface area contributed by atoms with Gasteiger partial charge in [-0.15, -0.1) is 28.0 Å². The highest BCUT2D eigenvalue weighted by Gasteiger charge is 2.50. The SMILES string of the molecule is CO[SH]1CC(SC[SH](c2c[nH]nn2)C(c2ccccc2)(c2ccccc2)c2ccccc2)=C(C(=O)OC(c2ccccc2)c2ccccc2)N2C(=O)CC21. The fourth-order valence-corrected chi connectivity index (χ4v) is 14.9. The molecule has 5 aromatic carbocycles. The number of β-lactam (4-membered cyclic amide) rings is 1. The number of carbonyl (C=O) groups is 2. The van der Waals surface area contributed by atoms with E-state index in [1.54, 1.807) is 23.8 Å². The van der Waals surface area contributed by atoms with Gasteiger partial charge in [-0.1, -0.05) is 157 Å². The van der Waals surface area contributed by atoms with Crippen molar-refractivity contribution in [1.82, 2.24) is 20.3 Å². The van der Waals surface area contributed by atoms with Crippen LogP contribution in [-0.4, -0.2) is 55.5 Å². The molecule has 3 atom stereocenters. The molecule has 11 heteroatoms. The van der Waals surface area contributed by atoms with Crippen LogP contribution in [0.3, 0.4) is 0 Å². The van der Waals surface area contributed by atoms with Crippen LogP contribution in [-0.2, 0) is 23.3 Å². The summed E-state index contributed by atoms with van der Waals surface area (Å²) in [6.45, 7) is 0. The van der Waals surface area contributed by atoms with Gasteiger partial charge in [0.15, 0.2) is 6.10 Å². The zero-order valence-corrected chi connectivity index (χ0v) is 32.2. The maximum atomic E-state index is 14.7. The summed E-state index contributed by atoms with van der Waals surface area (Å²) >= 11 is 0.546. The molecule has 0 saturated carbocycles. The summed E-state index contributed by atoms with van der Waals surface area (Å²) < 4.78 is 11.9. The van der Waals surface area contributed by atoms with Crippen LogP contribution in [0.15, 0.2) is 173 Å². The van der Waals surface area contributed by atoms with Crippen LogP contribution in [0.25, 0.3) is 0 Å². The number of nitrogens with one attached hydrogen (secondary N) is 1. The zero-order valence-electron chi connectivity index (χ0n) is 29.6. The quantitative estimate of drug-likeness (QED) is 0.0469. The fourth-order valence-electron chi connectivity index (χ4n) is 7.43. The third-order valence-corrected chi connectivity index (χ3v) is 16.9. The molecule has 0 aliphatic carbocycles. The number of thiol groups is 2. The maximum Gasteiger partial charge on any atom is 0.356 e. The van der Waals surface area contributed by atoms with E-state index in [-0.39, 0.29) is 11.3 Å². The first-order chi connectivity index (χ1) is 26.6.